The van der Waals surface area contributed by atoms with Crippen LogP contribution in [0, 0.1) is 0 Å². The van der Waals surface area contributed by atoms with Crippen molar-refractivity contribution in [2.24, 2.45) is 5.73 Å². The smallest absolute Gasteiger partial charge is 0.0537 e. The lowest BCUT2D eigenvalue weighted by atomic mass is 10.2. The zero-order valence-corrected chi connectivity index (χ0v) is 7.83. The molecule has 1 rings (SSSR count). The molecule has 0 saturated carbocycles. The van der Waals surface area contributed by atoms with E-state index >= 15 is 0 Å². The van der Waals surface area contributed by atoms with Gasteiger partial charge in [0.25, 0.3) is 0 Å². The number of nitrogens with two attached hydrogens (primary N) is 1. The second kappa shape index (κ2) is 4.26. The van der Waals surface area contributed by atoms with E-state index in [1.54, 1.807) is 0 Å². The van der Waals surface area contributed by atoms with Gasteiger partial charge in [-0.1, -0.05) is 13.3 Å². The first-order chi connectivity index (χ1) is 5.74. The first-order valence-corrected chi connectivity index (χ1v) is 4.52. The molecule has 0 aliphatic rings. The van der Waals surface area contributed by atoms with Crippen molar-refractivity contribution in [3.8, 4) is 0 Å². The standard InChI is InChI=1S/C9H17N3/c1-3-4-5-12-7-9(6-11-12)8(2)10/h6-8H,3-5,10H2,1-2H3/t8-/m1/s1. The Balaban J connectivity index is 2.52. The van der Waals surface area contributed by atoms with Gasteiger partial charge < -0.3 is 5.73 Å². The van der Waals surface area contributed by atoms with Crippen LogP contribution in [0.4, 0.5) is 0 Å². The van der Waals surface area contributed by atoms with Crippen LogP contribution in [0.1, 0.15) is 38.3 Å². The summed E-state index contributed by atoms with van der Waals surface area (Å²) in [6.07, 6.45) is 6.26. The predicted molar refractivity (Wildman–Crippen MR) is 49.7 cm³/mol. The third-order valence-electron chi connectivity index (χ3n) is 1.92. The largest absolute Gasteiger partial charge is 0.324 e. The van der Waals surface area contributed by atoms with Crippen LogP contribution in [-0.4, -0.2) is 9.78 Å². The van der Waals surface area contributed by atoms with Gasteiger partial charge in [-0.15, -0.1) is 0 Å². The molecule has 1 atom stereocenters. The second-order valence-electron chi connectivity index (χ2n) is 3.18. The third-order valence-corrected chi connectivity index (χ3v) is 1.92. The lowest BCUT2D eigenvalue weighted by Gasteiger charge is -1.99. The van der Waals surface area contributed by atoms with Gasteiger partial charge in [-0.25, -0.2) is 0 Å². The van der Waals surface area contributed by atoms with E-state index in [0.29, 0.717) is 0 Å². The molecule has 0 radical (unpaired) electrons. The molecule has 68 valence electrons. The Labute approximate surface area is 73.6 Å². The number of hydrogen-bond donors (Lipinski definition) is 1. The molecule has 0 aliphatic carbocycles. The molecule has 0 saturated heterocycles. The van der Waals surface area contributed by atoms with E-state index in [1.807, 2.05) is 24.0 Å². The summed E-state index contributed by atoms with van der Waals surface area (Å²) in [6.45, 7) is 5.15. The molecular formula is C9H17N3. The molecule has 0 unspecified atom stereocenters. The number of aromatic nitrogens is 2. The minimum absolute atomic E-state index is 0.0976. The van der Waals surface area contributed by atoms with Crippen molar-refractivity contribution < 1.29 is 0 Å². The van der Waals surface area contributed by atoms with Gasteiger partial charge in [-0.05, 0) is 13.3 Å². The number of rotatable bonds is 4. The molecule has 1 heterocycles. The number of aryl methyl sites for hydroxylation is 1. The Bertz CT molecular complexity index is 227. The molecule has 1 aromatic heterocycles. The maximum atomic E-state index is 5.70. The highest BCUT2D eigenvalue weighted by Gasteiger charge is 2.01. The zero-order chi connectivity index (χ0) is 8.97. The van der Waals surface area contributed by atoms with Crippen molar-refractivity contribution in [2.75, 3.05) is 0 Å². The summed E-state index contributed by atoms with van der Waals surface area (Å²) in [6, 6.07) is 0.0976. The van der Waals surface area contributed by atoms with Crippen molar-refractivity contribution in [1.82, 2.24) is 9.78 Å². The highest BCUT2D eigenvalue weighted by atomic mass is 15.3. The summed E-state index contributed by atoms with van der Waals surface area (Å²) in [5.41, 5.74) is 6.82. The fraction of sp³-hybridized carbons (Fsp3) is 0.667. The fourth-order valence-electron chi connectivity index (χ4n) is 1.06. The topological polar surface area (TPSA) is 43.8 Å². The summed E-state index contributed by atoms with van der Waals surface area (Å²) in [7, 11) is 0. The molecule has 0 amide bonds. The van der Waals surface area contributed by atoms with E-state index in [0.717, 1.165) is 12.1 Å². The van der Waals surface area contributed by atoms with Crippen LogP contribution in [0.3, 0.4) is 0 Å². The van der Waals surface area contributed by atoms with E-state index in [-0.39, 0.29) is 6.04 Å². The Hall–Kier alpha value is -0.830. The monoisotopic (exact) mass is 167 g/mol. The van der Waals surface area contributed by atoms with Crippen molar-refractivity contribution in [3.05, 3.63) is 18.0 Å². The Kier molecular flexibility index (Phi) is 3.29. The van der Waals surface area contributed by atoms with Crippen LogP contribution in [-0.2, 0) is 6.54 Å². The first-order valence-electron chi connectivity index (χ1n) is 4.52. The van der Waals surface area contributed by atoms with E-state index in [9.17, 15) is 0 Å². The first kappa shape index (κ1) is 9.26. The van der Waals surface area contributed by atoms with Crippen LogP contribution < -0.4 is 5.73 Å². The van der Waals surface area contributed by atoms with Crippen LogP contribution in [0.25, 0.3) is 0 Å². The molecule has 2 N–H and O–H groups in total. The maximum absolute atomic E-state index is 5.70. The number of unbranched alkanes of at least 4 members (excludes halogenated alkanes) is 1. The molecule has 0 fully saturated rings. The van der Waals surface area contributed by atoms with Gasteiger partial charge in [-0.3, -0.25) is 4.68 Å². The minimum atomic E-state index is 0.0976. The molecule has 12 heavy (non-hydrogen) atoms. The Morgan fingerprint density at radius 3 is 2.92 bits per heavy atom. The SMILES string of the molecule is CCCCn1cc([C@@H](C)N)cn1. The van der Waals surface area contributed by atoms with Crippen molar-refractivity contribution in [1.29, 1.82) is 0 Å². The Morgan fingerprint density at radius 1 is 1.67 bits per heavy atom. The highest BCUT2D eigenvalue weighted by Crippen LogP contribution is 2.07. The summed E-state index contributed by atoms with van der Waals surface area (Å²) in [5, 5.41) is 4.21. The molecule has 1 aromatic rings. The number of nitrogens with zero attached hydrogens (tertiary/aromatic N) is 2. The van der Waals surface area contributed by atoms with Gasteiger partial charge in [0, 0.05) is 24.3 Å². The normalized spacial score (nSPS) is 13.2. The average Bonchev–Trinajstić information content (AvgIpc) is 2.48. The molecule has 0 bridgehead atoms. The van der Waals surface area contributed by atoms with Gasteiger partial charge in [0.1, 0.15) is 0 Å². The summed E-state index contributed by atoms with van der Waals surface area (Å²) in [4.78, 5) is 0. The van der Waals surface area contributed by atoms with Crippen LogP contribution in [0.2, 0.25) is 0 Å². The van der Waals surface area contributed by atoms with Crippen molar-refractivity contribution in [3.63, 3.8) is 0 Å². The lowest BCUT2D eigenvalue weighted by Crippen LogP contribution is -2.03. The van der Waals surface area contributed by atoms with E-state index in [1.165, 1.54) is 12.8 Å². The summed E-state index contributed by atoms with van der Waals surface area (Å²) < 4.78 is 1.96. The van der Waals surface area contributed by atoms with Gasteiger partial charge in [0.2, 0.25) is 0 Å². The van der Waals surface area contributed by atoms with Crippen molar-refractivity contribution in [2.45, 2.75) is 39.3 Å². The highest BCUT2D eigenvalue weighted by molar-refractivity contribution is 5.07. The van der Waals surface area contributed by atoms with Gasteiger partial charge in [0.15, 0.2) is 0 Å². The fourth-order valence-corrected chi connectivity index (χ4v) is 1.06. The Morgan fingerprint density at radius 2 is 2.42 bits per heavy atom. The second-order valence-corrected chi connectivity index (χ2v) is 3.18. The quantitative estimate of drug-likeness (QED) is 0.741. The van der Waals surface area contributed by atoms with Crippen molar-refractivity contribution >= 4 is 0 Å². The van der Waals surface area contributed by atoms with E-state index in [4.69, 9.17) is 5.73 Å². The maximum Gasteiger partial charge on any atom is 0.0537 e. The summed E-state index contributed by atoms with van der Waals surface area (Å²) >= 11 is 0. The van der Waals surface area contributed by atoms with Crippen LogP contribution in [0.5, 0.6) is 0 Å². The van der Waals surface area contributed by atoms with E-state index < -0.39 is 0 Å². The van der Waals surface area contributed by atoms with Crippen LogP contribution >= 0.6 is 0 Å². The predicted octanol–water partition coefficient (Wildman–Crippen LogP) is 1.70. The van der Waals surface area contributed by atoms with Gasteiger partial charge in [0.05, 0.1) is 6.20 Å². The summed E-state index contributed by atoms with van der Waals surface area (Å²) in [5.74, 6) is 0. The van der Waals surface area contributed by atoms with E-state index in [2.05, 4.69) is 12.0 Å². The van der Waals surface area contributed by atoms with Crippen LogP contribution in [0.15, 0.2) is 12.4 Å². The third kappa shape index (κ3) is 2.34. The van der Waals surface area contributed by atoms with Gasteiger partial charge >= 0.3 is 0 Å². The molecule has 0 aliphatic heterocycles. The number of hydrogen-bond acceptors (Lipinski definition) is 2. The molecular weight excluding hydrogens is 150 g/mol. The lowest BCUT2D eigenvalue weighted by molar-refractivity contribution is 0.571. The molecule has 0 spiro atoms. The van der Waals surface area contributed by atoms with Gasteiger partial charge in [-0.2, -0.15) is 5.10 Å². The molecule has 0 aromatic carbocycles. The molecule has 3 heteroatoms. The average molecular weight is 167 g/mol. The molecule has 3 nitrogen and oxygen atoms in total. The minimum Gasteiger partial charge on any atom is -0.324 e. The zero-order valence-electron chi connectivity index (χ0n) is 7.83.